The highest BCUT2D eigenvalue weighted by atomic mass is 79.9. The second kappa shape index (κ2) is 4.75. The van der Waals surface area contributed by atoms with Gasteiger partial charge in [0.25, 0.3) is 0 Å². The highest BCUT2D eigenvalue weighted by Gasteiger charge is 2.14. The van der Waals surface area contributed by atoms with Crippen molar-refractivity contribution in [1.82, 2.24) is 10.6 Å². The molecule has 1 aromatic carbocycles. The smallest absolute Gasteiger partial charge is 0.297 e. The Morgan fingerprint density at radius 3 is 2.31 bits per heavy atom. The van der Waals surface area contributed by atoms with Gasteiger partial charge in [0.05, 0.1) is 6.17 Å². The predicted molar refractivity (Wildman–Crippen MR) is 59.5 cm³/mol. The second-order valence-electron chi connectivity index (χ2n) is 3.22. The van der Waals surface area contributed by atoms with Crippen LogP contribution in [0.4, 0.5) is 0 Å². The summed E-state index contributed by atoms with van der Waals surface area (Å²) >= 11 is 3.40. The Morgan fingerprint density at radius 2 is 1.77 bits per heavy atom. The molecular formula is C9H11BrMgN2. The van der Waals surface area contributed by atoms with Crippen LogP contribution in [0.5, 0.6) is 0 Å². The molecule has 1 fully saturated rings. The van der Waals surface area contributed by atoms with Gasteiger partial charge in [-0.05, 0) is 5.56 Å². The molecule has 2 nitrogen and oxygen atoms in total. The van der Waals surface area contributed by atoms with E-state index in [2.05, 4.69) is 47.8 Å². The summed E-state index contributed by atoms with van der Waals surface area (Å²) in [5.41, 5.74) is 1.34. The standard InChI is InChI=1S/C9H11N2.BrH.Mg/c1-2-4-8(5-3-1)9-10-6-7-11-9;;/h2-5,9-11H,6-7H2;1H;/q;;+1/p-1. The van der Waals surface area contributed by atoms with E-state index in [1.54, 1.807) is 0 Å². The van der Waals surface area contributed by atoms with E-state index in [4.69, 9.17) is 0 Å². The minimum Gasteiger partial charge on any atom is -0.297 e. The van der Waals surface area contributed by atoms with Gasteiger partial charge < -0.3 is 0 Å². The van der Waals surface area contributed by atoms with E-state index in [-0.39, 0.29) is 18.2 Å². The van der Waals surface area contributed by atoms with Crippen molar-refractivity contribution < 1.29 is 0 Å². The fourth-order valence-corrected chi connectivity index (χ4v) is 3.08. The lowest BCUT2D eigenvalue weighted by Crippen LogP contribution is -2.21. The first-order chi connectivity index (χ1) is 6.40. The predicted octanol–water partition coefficient (Wildman–Crippen LogP) is 0.517. The second-order valence-corrected chi connectivity index (χ2v) is 5.98. The average molecular weight is 251 g/mol. The maximum absolute atomic E-state index is 3.57. The first kappa shape index (κ1) is 9.92. The van der Waals surface area contributed by atoms with Crippen LogP contribution in [-0.4, -0.2) is 31.3 Å². The molecule has 1 aliphatic heterocycles. The number of benzene rings is 1. The minimum atomic E-state index is -0.175. The summed E-state index contributed by atoms with van der Waals surface area (Å²) in [6.45, 7) is 2.14. The fourth-order valence-electron chi connectivity index (χ4n) is 1.54. The Morgan fingerprint density at radius 1 is 1.15 bits per heavy atom. The van der Waals surface area contributed by atoms with Crippen LogP contribution in [0.25, 0.3) is 0 Å². The van der Waals surface area contributed by atoms with Crippen molar-refractivity contribution in [2.45, 2.75) is 6.17 Å². The zero-order valence-electron chi connectivity index (χ0n) is 7.39. The maximum Gasteiger partial charge on any atom is 0.506 e. The van der Waals surface area contributed by atoms with E-state index in [1.165, 1.54) is 9.26 Å². The van der Waals surface area contributed by atoms with E-state index < -0.39 is 0 Å². The summed E-state index contributed by atoms with van der Waals surface area (Å²) < 4.78 is 1.46. The molecule has 4 heteroatoms. The molecule has 1 saturated heterocycles. The third-order valence-corrected chi connectivity index (χ3v) is 5.01. The highest BCUT2D eigenvalue weighted by molar-refractivity contribution is 9.23. The van der Waals surface area contributed by atoms with Crippen molar-refractivity contribution in [3.8, 4) is 0 Å². The fraction of sp³-hybridized carbons (Fsp3) is 0.333. The number of nitrogens with one attached hydrogen (secondary N) is 2. The minimum absolute atomic E-state index is 0.175. The molecule has 0 unspecified atom stereocenters. The van der Waals surface area contributed by atoms with Crippen LogP contribution in [0.15, 0.2) is 24.3 Å². The number of halogens is 1. The zero-order chi connectivity index (χ0) is 9.10. The molecule has 0 bridgehead atoms. The molecule has 0 aromatic heterocycles. The third kappa shape index (κ3) is 2.44. The van der Waals surface area contributed by atoms with Gasteiger partial charge in [0.2, 0.25) is 0 Å². The molecule has 0 amide bonds. The number of rotatable bonds is 2. The maximum atomic E-state index is 3.57. The molecule has 13 heavy (non-hydrogen) atoms. The Balaban J connectivity index is 2.12. The molecule has 1 heterocycles. The normalized spacial score (nSPS) is 17.3. The van der Waals surface area contributed by atoms with Gasteiger partial charge in [-0.15, -0.1) is 0 Å². The lowest BCUT2D eigenvalue weighted by molar-refractivity contribution is 0.588. The van der Waals surface area contributed by atoms with Gasteiger partial charge in [-0.1, -0.05) is 24.3 Å². The summed E-state index contributed by atoms with van der Waals surface area (Å²) in [6.07, 6.45) is 0.367. The van der Waals surface area contributed by atoms with Crippen LogP contribution < -0.4 is 14.3 Å². The van der Waals surface area contributed by atoms with Crippen molar-refractivity contribution in [2.24, 2.45) is 0 Å². The SMILES string of the molecule is [Br][Mg][c]1ccc(C2NCCN2)cc1. The Hall–Kier alpha value is 0.386. The van der Waals surface area contributed by atoms with Crippen molar-refractivity contribution in [3.63, 3.8) is 0 Å². The third-order valence-electron chi connectivity index (χ3n) is 2.29. The summed E-state index contributed by atoms with van der Waals surface area (Å²) in [7, 11) is 0. The molecule has 0 atom stereocenters. The van der Waals surface area contributed by atoms with Crippen molar-refractivity contribution in [3.05, 3.63) is 29.8 Å². The molecule has 0 radical (unpaired) electrons. The van der Waals surface area contributed by atoms with E-state index in [0.717, 1.165) is 13.1 Å². The topological polar surface area (TPSA) is 24.1 Å². The van der Waals surface area contributed by atoms with Crippen molar-refractivity contribution >= 4 is 34.8 Å². The quantitative estimate of drug-likeness (QED) is 0.749. The van der Waals surface area contributed by atoms with Crippen LogP contribution in [0, 0.1) is 0 Å². The van der Waals surface area contributed by atoms with Crippen LogP contribution in [-0.2, 0) is 0 Å². The van der Waals surface area contributed by atoms with Gasteiger partial charge in [-0.2, -0.15) is 3.69 Å². The van der Waals surface area contributed by atoms with E-state index in [9.17, 15) is 0 Å². The summed E-state index contributed by atoms with van der Waals surface area (Å²) in [6, 6.07) is 8.86. The monoisotopic (exact) mass is 250 g/mol. The van der Waals surface area contributed by atoms with E-state index in [0.29, 0.717) is 6.17 Å². The molecule has 1 aliphatic rings. The van der Waals surface area contributed by atoms with Crippen LogP contribution in [0.1, 0.15) is 11.7 Å². The lowest BCUT2D eigenvalue weighted by atomic mass is 10.2. The Bertz CT molecular complexity index is 269. The van der Waals surface area contributed by atoms with Gasteiger partial charge in [0.15, 0.2) is 0 Å². The first-order valence-electron chi connectivity index (χ1n) is 4.52. The van der Waals surface area contributed by atoms with E-state index in [1.807, 2.05) is 0 Å². The molecule has 0 aliphatic carbocycles. The van der Waals surface area contributed by atoms with Gasteiger partial charge >= 0.3 is 18.2 Å². The molecule has 66 valence electrons. The van der Waals surface area contributed by atoms with Crippen LogP contribution in [0.2, 0.25) is 0 Å². The molecular weight excluding hydrogens is 240 g/mol. The van der Waals surface area contributed by atoms with Gasteiger partial charge in [-0.25, -0.2) is 0 Å². The summed E-state index contributed by atoms with van der Waals surface area (Å²) in [4.78, 5) is 0. The largest absolute Gasteiger partial charge is 0.506 e. The van der Waals surface area contributed by atoms with Gasteiger partial charge in [-0.3, -0.25) is 23.5 Å². The van der Waals surface area contributed by atoms with Crippen molar-refractivity contribution in [2.75, 3.05) is 13.1 Å². The highest BCUT2D eigenvalue weighted by Crippen LogP contribution is 2.10. The lowest BCUT2D eigenvalue weighted by Gasteiger charge is -2.11. The zero-order valence-corrected chi connectivity index (χ0v) is 10.4. The van der Waals surface area contributed by atoms with Gasteiger partial charge in [0, 0.05) is 13.1 Å². The summed E-state index contributed by atoms with van der Waals surface area (Å²) in [5, 5.41) is 6.80. The molecule has 2 N–H and O–H groups in total. The molecule has 1 aromatic rings. The van der Waals surface area contributed by atoms with Crippen molar-refractivity contribution in [1.29, 1.82) is 0 Å². The molecule has 0 spiro atoms. The average Bonchev–Trinajstić information content (AvgIpc) is 2.71. The Labute approximate surface area is 94.1 Å². The van der Waals surface area contributed by atoms with Crippen LogP contribution in [0.3, 0.4) is 0 Å². The Kier molecular flexibility index (Phi) is 3.63. The molecule has 0 saturated carbocycles. The summed E-state index contributed by atoms with van der Waals surface area (Å²) in [5.74, 6) is 0. The number of hydrogen-bond acceptors (Lipinski definition) is 2. The first-order valence-corrected chi connectivity index (χ1v) is 9.12. The van der Waals surface area contributed by atoms with E-state index >= 15 is 0 Å². The molecule has 2 rings (SSSR count). The van der Waals surface area contributed by atoms with Gasteiger partial charge in [0.1, 0.15) is 0 Å². The van der Waals surface area contributed by atoms with Crippen LogP contribution >= 0.6 is 12.9 Å². The number of hydrogen-bond donors (Lipinski definition) is 2.